The highest BCUT2D eigenvalue weighted by molar-refractivity contribution is 5.64. The fraction of sp³-hybridized carbons (Fsp3) is 0.231. The minimum Gasteiger partial charge on any atom is -0.490 e. The van der Waals surface area contributed by atoms with Crippen molar-refractivity contribution >= 4 is 5.82 Å². The molecule has 0 aliphatic carbocycles. The Labute approximate surface area is 99.5 Å². The van der Waals surface area contributed by atoms with Crippen molar-refractivity contribution in [1.29, 1.82) is 0 Å². The summed E-state index contributed by atoms with van der Waals surface area (Å²) in [6.07, 6.45) is 2.69. The van der Waals surface area contributed by atoms with E-state index in [0.717, 1.165) is 23.4 Å². The first-order valence-electron chi connectivity index (χ1n) is 5.60. The molecule has 0 radical (unpaired) electrons. The van der Waals surface area contributed by atoms with Gasteiger partial charge >= 0.3 is 0 Å². The van der Waals surface area contributed by atoms with Crippen molar-refractivity contribution in [3.63, 3.8) is 0 Å². The number of rotatable bonds is 1. The average molecular weight is 227 g/mol. The molecule has 17 heavy (non-hydrogen) atoms. The van der Waals surface area contributed by atoms with Crippen LogP contribution in [0.15, 0.2) is 30.6 Å². The maximum absolute atomic E-state index is 5.66. The van der Waals surface area contributed by atoms with Gasteiger partial charge in [0.15, 0.2) is 0 Å². The first kappa shape index (κ1) is 10.1. The molecule has 0 amide bonds. The summed E-state index contributed by atoms with van der Waals surface area (Å²) < 4.78 is 5.66. The second kappa shape index (κ2) is 3.73. The van der Waals surface area contributed by atoms with Gasteiger partial charge in [0.25, 0.3) is 0 Å². The normalized spacial score (nSPS) is 17.6. The van der Waals surface area contributed by atoms with Crippen LogP contribution in [0, 0.1) is 0 Å². The van der Waals surface area contributed by atoms with Crippen molar-refractivity contribution in [3.8, 4) is 17.0 Å². The van der Waals surface area contributed by atoms with Crippen LogP contribution in [-0.4, -0.2) is 16.1 Å². The van der Waals surface area contributed by atoms with Gasteiger partial charge in [0, 0.05) is 18.1 Å². The van der Waals surface area contributed by atoms with E-state index in [9.17, 15) is 0 Å². The lowest BCUT2D eigenvalue weighted by Gasteiger charge is -2.04. The molecule has 2 aromatic rings. The third-order valence-electron chi connectivity index (χ3n) is 2.88. The van der Waals surface area contributed by atoms with E-state index in [0.29, 0.717) is 5.82 Å². The highest BCUT2D eigenvalue weighted by Gasteiger charge is 2.19. The van der Waals surface area contributed by atoms with Crippen LogP contribution in [0.1, 0.15) is 12.5 Å². The Balaban J connectivity index is 2.03. The van der Waals surface area contributed by atoms with Gasteiger partial charge in [-0.3, -0.25) is 0 Å². The van der Waals surface area contributed by atoms with E-state index >= 15 is 0 Å². The topological polar surface area (TPSA) is 61.0 Å². The lowest BCUT2D eigenvalue weighted by atomic mass is 10.0. The van der Waals surface area contributed by atoms with Crippen molar-refractivity contribution in [2.75, 3.05) is 5.73 Å². The minimum atomic E-state index is 0.260. The summed E-state index contributed by atoms with van der Waals surface area (Å²) in [5.41, 5.74) is 8.78. The van der Waals surface area contributed by atoms with Crippen molar-refractivity contribution in [1.82, 2.24) is 9.97 Å². The van der Waals surface area contributed by atoms with Gasteiger partial charge in [-0.05, 0) is 30.7 Å². The van der Waals surface area contributed by atoms with Gasteiger partial charge in [0.1, 0.15) is 24.0 Å². The molecule has 1 aromatic carbocycles. The summed E-state index contributed by atoms with van der Waals surface area (Å²) in [6.45, 7) is 2.07. The maximum Gasteiger partial charge on any atom is 0.127 e. The fourth-order valence-corrected chi connectivity index (χ4v) is 2.11. The van der Waals surface area contributed by atoms with E-state index in [1.54, 1.807) is 6.07 Å². The predicted octanol–water partition coefficient (Wildman–Crippen LogP) is 2.05. The molecule has 0 fully saturated rings. The fourth-order valence-electron chi connectivity index (χ4n) is 2.11. The quantitative estimate of drug-likeness (QED) is 0.810. The van der Waals surface area contributed by atoms with E-state index in [1.807, 2.05) is 12.1 Å². The molecular weight excluding hydrogens is 214 g/mol. The largest absolute Gasteiger partial charge is 0.490 e. The lowest BCUT2D eigenvalue weighted by Crippen LogP contribution is -2.05. The van der Waals surface area contributed by atoms with Crippen molar-refractivity contribution < 1.29 is 4.74 Å². The number of aromatic nitrogens is 2. The van der Waals surface area contributed by atoms with Crippen LogP contribution in [0.3, 0.4) is 0 Å². The molecule has 2 heterocycles. The number of hydrogen-bond donors (Lipinski definition) is 1. The molecule has 4 heteroatoms. The second-order valence-electron chi connectivity index (χ2n) is 4.28. The maximum atomic E-state index is 5.66. The summed E-state index contributed by atoms with van der Waals surface area (Å²) in [5, 5.41) is 0. The molecule has 3 rings (SSSR count). The zero-order valence-corrected chi connectivity index (χ0v) is 9.55. The first-order valence-corrected chi connectivity index (χ1v) is 5.60. The number of nitrogen functional groups attached to an aromatic ring is 1. The van der Waals surface area contributed by atoms with Gasteiger partial charge in [-0.25, -0.2) is 9.97 Å². The number of anilines is 1. The molecule has 1 aliphatic heterocycles. The molecule has 1 atom stereocenters. The molecule has 0 bridgehead atoms. The third kappa shape index (κ3) is 1.82. The number of ether oxygens (including phenoxy) is 1. The molecule has 2 N–H and O–H groups in total. The molecule has 1 aromatic heterocycles. The van der Waals surface area contributed by atoms with E-state index < -0.39 is 0 Å². The lowest BCUT2D eigenvalue weighted by molar-refractivity contribution is 0.254. The smallest absolute Gasteiger partial charge is 0.127 e. The highest BCUT2D eigenvalue weighted by atomic mass is 16.5. The van der Waals surface area contributed by atoms with E-state index in [4.69, 9.17) is 10.5 Å². The zero-order valence-electron chi connectivity index (χ0n) is 9.55. The Kier molecular flexibility index (Phi) is 2.21. The van der Waals surface area contributed by atoms with Crippen LogP contribution in [0.25, 0.3) is 11.3 Å². The summed E-state index contributed by atoms with van der Waals surface area (Å²) in [6, 6.07) is 7.88. The first-order chi connectivity index (χ1) is 8.22. The van der Waals surface area contributed by atoms with Gasteiger partial charge in [-0.1, -0.05) is 0 Å². The molecule has 0 saturated heterocycles. The van der Waals surface area contributed by atoms with Crippen LogP contribution >= 0.6 is 0 Å². The molecule has 86 valence electrons. The van der Waals surface area contributed by atoms with Crippen LogP contribution < -0.4 is 10.5 Å². The molecule has 1 aliphatic rings. The Morgan fingerprint density at radius 2 is 2.18 bits per heavy atom. The minimum absolute atomic E-state index is 0.260. The van der Waals surface area contributed by atoms with Gasteiger partial charge in [0.05, 0.1) is 5.69 Å². The molecule has 4 nitrogen and oxygen atoms in total. The monoisotopic (exact) mass is 227 g/mol. The molecule has 0 spiro atoms. The zero-order chi connectivity index (χ0) is 11.8. The van der Waals surface area contributed by atoms with Crippen LogP contribution in [0.2, 0.25) is 0 Å². The van der Waals surface area contributed by atoms with Crippen molar-refractivity contribution in [2.45, 2.75) is 19.4 Å². The molecular formula is C13H13N3O. The van der Waals surface area contributed by atoms with Crippen LogP contribution in [0.5, 0.6) is 5.75 Å². The van der Waals surface area contributed by atoms with Crippen molar-refractivity contribution in [2.24, 2.45) is 0 Å². The Hall–Kier alpha value is -2.10. The number of fused-ring (bicyclic) bond motifs is 1. The predicted molar refractivity (Wildman–Crippen MR) is 65.7 cm³/mol. The van der Waals surface area contributed by atoms with Crippen LogP contribution in [0.4, 0.5) is 5.82 Å². The third-order valence-corrected chi connectivity index (χ3v) is 2.88. The molecule has 0 saturated carbocycles. The number of benzene rings is 1. The Morgan fingerprint density at radius 3 is 3.00 bits per heavy atom. The number of nitrogens with zero attached hydrogens (tertiary/aromatic N) is 2. The Bertz CT molecular complexity index is 568. The van der Waals surface area contributed by atoms with Gasteiger partial charge < -0.3 is 10.5 Å². The number of nitrogens with two attached hydrogens (primary N) is 1. The Morgan fingerprint density at radius 1 is 1.29 bits per heavy atom. The SMILES string of the molecule is CC1Cc2cc(-c3cc(N)ncn3)ccc2O1. The van der Waals surface area contributed by atoms with Crippen molar-refractivity contribution in [3.05, 3.63) is 36.2 Å². The summed E-state index contributed by atoms with van der Waals surface area (Å²) in [4.78, 5) is 8.11. The van der Waals surface area contributed by atoms with Gasteiger partial charge in [-0.2, -0.15) is 0 Å². The average Bonchev–Trinajstić information content (AvgIpc) is 2.68. The summed E-state index contributed by atoms with van der Waals surface area (Å²) in [7, 11) is 0. The number of hydrogen-bond acceptors (Lipinski definition) is 4. The van der Waals surface area contributed by atoms with E-state index in [-0.39, 0.29) is 6.10 Å². The standard InChI is InChI=1S/C13H13N3O/c1-8-4-10-5-9(2-3-12(10)17-8)11-6-13(14)16-7-15-11/h2-3,5-8H,4H2,1H3,(H2,14,15,16). The summed E-state index contributed by atoms with van der Waals surface area (Å²) in [5.74, 6) is 1.46. The highest BCUT2D eigenvalue weighted by Crippen LogP contribution is 2.32. The summed E-state index contributed by atoms with van der Waals surface area (Å²) >= 11 is 0. The molecule has 1 unspecified atom stereocenters. The van der Waals surface area contributed by atoms with Gasteiger partial charge in [-0.15, -0.1) is 0 Å². The second-order valence-corrected chi connectivity index (χ2v) is 4.28. The van der Waals surface area contributed by atoms with Crippen LogP contribution in [-0.2, 0) is 6.42 Å². The van der Waals surface area contributed by atoms with Gasteiger partial charge in [0.2, 0.25) is 0 Å². The van der Waals surface area contributed by atoms with E-state index in [2.05, 4.69) is 23.0 Å². The van der Waals surface area contributed by atoms with E-state index in [1.165, 1.54) is 11.9 Å².